The molecule has 0 saturated heterocycles. The van der Waals surface area contributed by atoms with Gasteiger partial charge in [0.15, 0.2) is 5.78 Å². The van der Waals surface area contributed by atoms with E-state index in [4.69, 9.17) is 0 Å². The van der Waals surface area contributed by atoms with Crippen LogP contribution in [0.2, 0.25) is 0 Å². The average molecular weight is 433 g/mol. The van der Waals surface area contributed by atoms with Crippen molar-refractivity contribution in [1.82, 2.24) is 9.97 Å². The van der Waals surface area contributed by atoms with Gasteiger partial charge in [0, 0.05) is 20.3 Å². The molecule has 0 saturated carbocycles. The van der Waals surface area contributed by atoms with Gasteiger partial charge in [0.05, 0.1) is 5.75 Å². The minimum absolute atomic E-state index is 0.131. The third-order valence-corrected chi connectivity index (χ3v) is 7.09. The Hall–Kier alpha value is -1.24. The summed E-state index contributed by atoms with van der Waals surface area (Å²) in [6.45, 7) is 1.93. The van der Waals surface area contributed by atoms with Crippen molar-refractivity contribution < 1.29 is 4.79 Å². The van der Waals surface area contributed by atoms with Crippen molar-refractivity contribution in [2.75, 3.05) is 5.75 Å². The molecule has 1 aromatic carbocycles. The molecular formula is C19H17BrN2OS2. The van der Waals surface area contributed by atoms with Crippen molar-refractivity contribution in [3.05, 3.63) is 50.6 Å². The van der Waals surface area contributed by atoms with Gasteiger partial charge in [-0.3, -0.25) is 4.79 Å². The van der Waals surface area contributed by atoms with Gasteiger partial charge in [0.25, 0.3) is 0 Å². The summed E-state index contributed by atoms with van der Waals surface area (Å²) in [5, 5.41) is 2.16. The van der Waals surface area contributed by atoms with Gasteiger partial charge in [0.2, 0.25) is 0 Å². The highest BCUT2D eigenvalue weighted by Crippen LogP contribution is 2.39. The van der Waals surface area contributed by atoms with E-state index in [0.29, 0.717) is 5.75 Å². The SMILES string of the molecule is Cc1nc(SCC(=O)c2ccc(Br)cc2)c2c3c(sc2n1)CCCC3. The molecule has 0 N–H and O–H groups in total. The molecular weight excluding hydrogens is 416 g/mol. The standard InChI is InChI=1S/C19H17BrN2OS2/c1-11-21-18(24-10-15(23)12-6-8-13(20)9-7-12)17-14-4-2-3-5-16(14)25-19(17)22-11/h6-9H,2-5,10H2,1H3. The normalized spacial score (nSPS) is 13.8. The van der Waals surface area contributed by atoms with Gasteiger partial charge in [-0.2, -0.15) is 0 Å². The molecule has 2 aromatic heterocycles. The maximum atomic E-state index is 12.5. The molecule has 0 atom stereocenters. The molecule has 3 nitrogen and oxygen atoms in total. The minimum Gasteiger partial charge on any atom is -0.293 e. The molecule has 0 unspecified atom stereocenters. The van der Waals surface area contributed by atoms with E-state index >= 15 is 0 Å². The van der Waals surface area contributed by atoms with Crippen molar-refractivity contribution in [1.29, 1.82) is 0 Å². The van der Waals surface area contributed by atoms with Crippen LogP contribution in [-0.2, 0) is 12.8 Å². The Kier molecular flexibility index (Phi) is 4.93. The first kappa shape index (κ1) is 17.2. The van der Waals surface area contributed by atoms with Crippen LogP contribution in [0.1, 0.15) is 39.5 Å². The van der Waals surface area contributed by atoms with Crippen LogP contribution in [0.5, 0.6) is 0 Å². The van der Waals surface area contributed by atoms with E-state index in [1.54, 1.807) is 23.1 Å². The first-order chi connectivity index (χ1) is 12.1. The zero-order valence-electron chi connectivity index (χ0n) is 13.8. The quantitative estimate of drug-likeness (QED) is 0.305. The second-order valence-corrected chi connectivity index (χ2v) is 9.15. The van der Waals surface area contributed by atoms with Crippen LogP contribution in [0.4, 0.5) is 0 Å². The number of carbonyl (C=O) groups excluding carboxylic acids is 1. The number of Topliss-reactive ketones (excluding diaryl/α,β-unsaturated/α-hetero) is 1. The number of aromatic nitrogens is 2. The summed E-state index contributed by atoms with van der Waals surface area (Å²) < 4.78 is 0.981. The smallest absolute Gasteiger partial charge is 0.173 e. The molecule has 1 aliphatic carbocycles. The first-order valence-electron chi connectivity index (χ1n) is 8.32. The summed E-state index contributed by atoms with van der Waals surface area (Å²) in [6.07, 6.45) is 4.75. The van der Waals surface area contributed by atoms with Crippen molar-refractivity contribution in [2.45, 2.75) is 37.6 Å². The topological polar surface area (TPSA) is 42.9 Å². The summed E-state index contributed by atoms with van der Waals surface area (Å²) in [5.74, 6) is 1.31. The Balaban J connectivity index is 1.63. The molecule has 0 aliphatic heterocycles. The average Bonchev–Trinajstić information content (AvgIpc) is 2.98. The third-order valence-electron chi connectivity index (χ3n) is 4.40. The molecule has 2 heterocycles. The molecule has 0 spiro atoms. The van der Waals surface area contributed by atoms with E-state index in [1.807, 2.05) is 31.2 Å². The highest BCUT2D eigenvalue weighted by molar-refractivity contribution is 9.10. The Bertz CT molecular complexity index is 950. The number of thioether (sulfide) groups is 1. The van der Waals surface area contributed by atoms with E-state index < -0.39 is 0 Å². The number of nitrogens with zero attached hydrogens (tertiary/aromatic N) is 2. The number of halogens is 1. The van der Waals surface area contributed by atoms with E-state index in [9.17, 15) is 4.79 Å². The van der Waals surface area contributed by atoms with Crippen molar-refractivity contribution >= 4 is 55.0 Å². The number of aryl methyl sites for hydroxylation is 3. The number of hydrogen-bond donors (Lipinski definition) is 0. The number of ketones is 1. The van der Waals surface area contributed by atoms with Crippen LogP contribution in [0, 0.1) is 6.92 Å². The predicted molar refractivity (Wildman–Crippen MR) is 108 cm³/mol. The van der Waals surface area contributed by atoms with Gasteiger partial charge in [-0.25, -0.2) is 9.97 Å². The Morgan fingerprint density at radius 2 is 1.96 bits per heavy atom. The molecule has 3 aromatic rings. The molecule has 25 heavy (non-hydrogen) atoms. The fourth-order valence-electron chi connectivity index (χ4n) is 3.18. The molecule has 0 amide bonds. The molecule has 4 rings (SSSR count). The number of carbonyl (C=O) groups is 1. The number of fused-ring (bicyclic) bond motifs is 3. The number of rotatable bonds is 4. The molecule has 128 valence electrons. The lowest BCUT2D eigenvalue weighted by Gasteiger charge is -2.11. The number of hydrogen-bond acceptors (Lipinski definition) is 5. The summed E-state index contributed by atoms with van der Waals surface area (Å²) in [6, 6.07) is 7.53. The Labute approximate surface area is 163 Å². The first-order valence-corrected chi connectivity index (χ1v) is 10.9. The van der Waals surface area contributed by atoms with Crippen molar-refractivity contribution in [3.8, 4) is 0 Å². The lowest BCUT2D eigenvalue weighted by atomic mass is 9.97. The van der Waals surface area contributed by atoms with Gasteiger partial charge >= 0.3 is 0 Å². The predicted octanol–water partition coefficient (Wildman–Crippen LogP) is 5.62. The highest BCUT2D eigenvalue weighted by Gasteiger charge is 2.21. The van der Waals surface area contributed by atoms with Gasteiger partial charge < -0.3 is 0 Å². The summed E-state index contributed by atoms with van der Waals surface area (Å²) in [7, 11) is 0. The number of benzene rings is 1. The highest BCUT2D eigenvalue weighted by atomic mass is 79.9. The summed E-state index contributed by atoms with van der Waals surface area (Å²) in [5.41, 5.74) is 2.16. The minimum atomic E-state index is 0.131. The lowest BCUT2D eigenvalue weighted by molar-refractivity contribution is 0.102. The van der Waals surface area contributed by atoms with E-state index in [2.05, 4.69) is 25.9 Å². The van der Waals surface area contributed by atoms with Gasteiger partial charge in [-0.15, -0.1) is 11.3 Å². The van der Waals surface area contributed by atoms with Crippen LogP contribution in [0.3, 0.4) is 0 Å². The fourth-order valence-corrected chi connectivity index (χ4v) is 5.81. The maximum Gasteiger partial charge on any atom is 0.173 e. The monoisotopic (exact) mass is 432 g/mol. The van der Waals surface area contributed by atoms with Crippen LogP contribution < -0.4 is 0 Å². The van der Waals surface area contributed by atoms with Crippen LogP contribution in [0.25, 0.3) is 10.2 Å². The van der Waals surface area contributed by atoms with Crippen LogP contribution in [-0.4, -0.2) is 21.5 Å². The zero-order chi connectivity index (χ0) is 17.4. The zero-order valence-corrected chi connectivity index (χ0v) is 17.1. The molecule has 0 fully saturated rings. The van der Waals surface area contributed by atoms with Gasteiger partial charge in [-0.1, -0.05) is 39.8 Å². The maximum absolute atomic E-state index is 12.5. The summed E-state index contributed by atoms with van der Waals surface area (Å²) in [4.78, 5) is 24.3. The second kappa shape index (κ2) is 7.17. The summed E-state index contributed by atoms with van der Waals surface area (Å²) >= 11 is 6.75. The molecule has 0 radical (unpaired) electrons. The van der Waals surface area contributed by atoms with Crippen LogP contribution in [0.15, 0.2) is 33.8 Å². The van der Waals surface area contributed by atoms with E-state index in [0.717, 1.165) is 38.6 Å². The largest absolute Gasteiger partial charge is 0.293 e. The Morgan fingerprint density at radius 1 is 1.20 bits per heavy atom. The molecule has 6 heteroatoms. The van der Waals surface area contributed by atoms with E-state index in [-0.39, 0.29) is 5.78 Å². The van der Waals surface area contributed by atoms with Crippen LogP contribution >= 0.6 is 39.0 Å². The second-order valence-electron chi connectivity index (χ2n) is 6.19. The Morgan fingerprint density at radius 3 is 2.76 bits per heavy atom. The molecule has 1 aliphatic rings. The third kappa shape index (κ3) is 3.52. The van der Waals surface area contributed by atoms with Crippen molar-refractivity contribution in [2.24, 2.45) is 0 Å². The van der Waals surface area contributed by atoms with Crippen molar-refractivity contribution in [3.63, 3.8) is 0 Å². The van der Waals surface area contributed by atoms with E-state index in [1.165, 1.54) is 28.7 Å². The van der Waals surface area contributed by atoms with Gasteiger partial charge in [-0.05, 0) is 50.3 Å². The fraction of sp³-hybridized carbons (Fsp3) is 0.316. The van der Waals surface area contributed by atoms with Gasteiger partial charge in [0.1, 0.15) is 15.7 Å². The molecule has 0 bridgehead atoms. The number of thiophene rings is 1. The lowest BCUT2D eigenvalue weighted by Crippen LogP contribution is -2.04.